The minimum absolute atomic E-state index is 0.0376. The lowest BCUT2D eigenvalue weighted by molar-refractivity contribution is 0.0577. The van der Waals surface area contributed by atoms with E-state index < -0.39 is 0 Å². The molecule has 1 aliphatic heterocycles. The smallest absolute Gasteiger partial charge is 0.0557 e. The average Bonchev–Trinajstić information content (AvgIpc) is 2.05. The van der Waals surface area contributed by atoms with Crippen molar-refractivity contribution in [2.24, 2.45) is 0 Å². The van der Waals surface area contributed by atoms with Crippen LogP contribution in [-0.4, -0.2) is 23.3 Å². The molecule has 1 saturated heterocycles. The molecule has 1 saturated carbocycles. The van der Waals surface area contributed by atoms with Gasteiger partial charge in [0.1, 0.15) is 0 Å². The van der Waals surface area contributed by atoms with E-state index in [1.807, 2.05) is 0 Å². The Morgan fingerprint density at radius 1 is 1.17 bits per heavy atom. The Balaban J connectivity index is 1.97. The zero-order valence-corrected chi connectivity index (χ0v) is 7.68. The number of aliphatic hydroxyl groups is 1. The summed E-state index contributed by atoms with van der Waals surface area (Å²) in [5.41, 5.74) is 0.329. The van der Waals surface area contributed by atoms with E-state index in [9.17, 15) is 5.11 Å². The molecule has 1 spiro atoms. The lowest BCUT2D eigenvalue weighted by Gasteiger charge is -2.43. The SMILES string of the molecule is OC1CCCC2(CCCCN2)C1. The maximum absolute atomic E-state index is 9.59. The largest absolute Gasteiger partial charge is 0.393 e. The van der Waals surface area contributed by atoms with Crippen molar-refractivity contribution in [3.8, 4) is 0 Å². The van der Waals surface area contributed by atoms with Gasteiger partial charge in [-0.1, -0.05) is 6.42 Å². The monoisotopic (exact) mass is 169 g/mol. The van der Waals surface area contributed by atoms with Gasteiger partial charge in [-0.05, 0) is 45.1 Å². The minimum atomic E-state index is -0.0376. The average molecular weight is 169 g/mol. The first-order valence-electron chi connectivity index (χ1n) is 5.24. The van der Waals surface area contributed by atoms with Crippen molar-refractivity contribution in [3.63, 3.8) is 0 Å². The molecule has 0 bridgehead atoms. The van der Waals surface area contributed by atoms with Gasteiger partial charge in [-0.15, -0.1) is 0 Å². The van der Waals surface area contributed by atoms with Crippen LogP contribution >= 0.6 is 0 Å². The lowest BCUT2D eigenvalue weighted by atomic mass is 9.75. The third-order valence-corrected chi connectivity index (χ3v) is 3.40. The second-order valence-electron chi connectivity index (χ2n) is 4.41. The Morgan fingerprint density at radius 2 is 2.00 bits per heavy atom. The number of hydrogen-bond donors (Lipinski definition) is 2. The van der Waals surface area contributed by atoms with Crippen molar-refractivity contribution in [2.75, 3.05) is 6.54 Å². The number of nitrogens with one attached hydrogen (secondary N) is 1. The Kier molecular flexibility index (Phi) is 2.37. The molecule has 2 N–H and O–H groups in total. The van der Waals surface area contributed by atoms with Crippen molar-refractivity contribution in [1.29, 1.82) is 0 Å². The van der Waals surface area contributed by atoms with Gasteiger partial charge in [-0.2, -0.15) is 0 Å². The summed E-state index contributed by atoms with van der Waals surface area (Å²) in [5.74, 6) is 0. The summed E-state index contributed by atoms with van der Waals surface area (Å²) in [5, 5.41) is 13.2. The normalized spacial score (nSPS) is 43.2. The standard InChI is InChI=1S/C10H19NO/c12-9-4-3-6-10(8-9)5-1-2-7-11-10/h9,11-12H,1-8H2. The Labute approximate surface area is 74.4 Å². The van der Waals surface area contributed by atoms with Crippen molar-refractivity contribution >= 4 is 0 Å². The molecule has 1 heterocycles. The molecule has 0 aromatic carbocycles. The van der Waals surface area contributed by atoms with Crippen LogP contribution in [0.25, 0.3) is 0 Å². The summed E-state index contributed by atoms with van der Waals surface area (Å²) in [6, 6.07) is 0. The van der Waals surface area contributed by atoms with E-state index in [2.05, 4.69) is 5.32 Å². The van der Waals surface area contributed by atoms with Gasteiger partial charge in [0.25, 0.3) is 0 Å². The zero-order valence-electron chi connectivity index (χ0n) is 7.68. The predicted molar refractivity (Wildman–Crippen MR) is 49.1 cm³/mol. The molecule has 2 rings (SSSR count). The van der Waals surface area contributed by atoms with Crippen molar-refractivity contribution < 1.29 is 5.11 Å². The molecule has 0 aromatic rings. The van der Waals surface area contributed by atoms with Crippen LogP contribution in [0, 0.1) is 0 Å². The maximum atomic E-state index is 9.59. The molecule has 2 unspecified atom stereocenters. The zero-order chi connectivity index (χ0) is 8.44. The second kappa shape index (κ2) is 3.35. The maximum Gasteiger partial charge on any atom is 0.0557 e. The van der Waals surface area contributed by atoms with E-state index in [4.69, 9.17) is 0 Å². The molecule has 2 aliphatic rings. The van der Waals surface area contributed by atoms with Crippen LogP contribution in [0.4, 0.5) is 0 Å². The molecule has 0 aromatic heterocycles. The summed E-state index contributed by atoms with van der Waals surface area (Å²) in [7, 11) is 0. The van der Waals surface area contributed by atoms with Gasteiger partial charge in [0, 0.05) is 5.54 Å². The van der Waals surface area contributed by atoms with E-state index >= 15 is 0 Å². The summed E-state index contributed by atoms with van der Waals surface area (Å²) >= 11 is 0. The van der Waals surface area contributed by atoms with Gasteiger partial charge < -0.3 is 10.4 Å². The highest BCUT2D eigenvalue weighted by Gasteiger charge is 2.36. The summed E-state index contributed by atoms with van der Waals surface area (Å²) in [6.07, 6.45) is 8.40. The van der Waals surface area contributed by atoms with Crippen LogP contribution in [0.2, 0.25) is 0 Å². The van der Waals surface area contributed by atoms with Crippen LogP contribution in [0.1, 0.15) is 44.9 Å². The fraction of sp³-hybridized carbons (Fsp3) is 1.00. The Morgan fingerprint density at radius 3 is 2.67 bits per heavy atom. The van der Waals surface area contributed by atoms with E-state index in [1.54, 1.807) is 0 Å². The Bertz CT molecular complexity index is 146. The van der Waals surface area contributed by atoms with E-state index in [0.29, 0.717) is 5.54 Å². The van der Waals surface area contributed by atoms with Crippen molar-refractivity contribution in [3.05, 3.63) is 0 Å². The van der Waals surface area contributed by atoms with Crippen LogP contribution in [0.5, 0.6) is 0 Å². The van der Waals surface area contributed by atoms with Gasteiger partial charge >= 0.3 is 0 Å². The number of aliphatic hydroxyl groups excluding tert-OH is 1. The fourth-order valence-corrected chi connectivity index (χ4v) is 2.75. The number of hydrogen-bond acceptors (Lipinski definition) is 2. The van der Waals surface area contributed by atoms with E-state index in [1.165, 1.54) is 32.1 Å². The highest BCUT2D eigenvalue weighted by molar-refractivity contribution is 4.95. The first-order chi connectivity index (χ1) is 5.81. The first-order valence-corrected chi connectivity index (χ1v) is 5.24. The molecule has 12 heavy (non-hydrogen) atoms. The third-order valence-electron chi connectivity index (χ3n) is 3.40. The molecule has 0 amide bonds. The third kappa shape index (κ3) is 1.64. The molecule has 1 aliphatic carbocycles. The highest BCUT2D eigenvalue weighted by atomic mass is 16.3. The molecular formula is C10H19NO. The molecule has 2 atom stereocenters. The van der Waals surface area contributed by atoms with Gasteiger partial charge in [0.15, 0.2) is 0 Å². The van der Waals surface area contributed by atoms with Gasteiger partial charge in [0.05, 0.1) is 6.10 Å². The van der Waals surface area contributed by atoms with Crippen LogP contribution < -0.4 is 5.32 Å². The molecular weight excluding hydrogens is 150 g/mol. The lowest BCUT2D eigenvalue weighted by Crippen LogP contribution is -2.52. The summed E-state index contributed by atoms with van der Waals surface area (Å²) < 4.78 is 0. The minimum Gasteiger partial charge on any atom is -0.393 e. The van der Waals surface area contributed by atoms with Crippen LogP contribution in [0.15, 0.2) is 0 Å². The predicted octanol–water partition coefficient (Wildman–Crippen LogP) is 1.43. The molecule has 2 nitrogen and oxygen atoms in total. The fourth-order valence-electron chi connectivity index (χ4n) is 2.75. The quantitative estimate of drug-likeness (QED) is 0.575. The van der Waals surface area contributed by atoms with Crippen LogP contribution in [0.3, 0.4) is 0 Å². The van der Waals surface area contributed by atoms with Gasteiger partial charge in [0.2, 0.25) is 0 Å². The number of rotatable bonds is 0. The van der Waals surface area contributed by atoms with Gasteiger partial charge in [-0.25, -0.2) is 0 Å². The molecule has 70 valence electrons. The molecule has 2 heteroatoms. The van der Waals surface area contributed by atoms with E-state index in [0.717, 1.165) is 19.4 Å². The highest BCUT2D eigenvalue weighted by Crippen LogP contribution is 2.34. The van der Waals surface area contributed by atoms with Crippen LogP contribution in [-0.2, 0) is 0 Å². The van der Waals surface area contributed by atoms with Gasteiger partial charge in [-0.3, -0.25) is 0 Å². The van der Waals surface area contributed by atoms with Crippen molar-refractivity contribution in [2.45, 2.75) is 56.6 Å². The summed E-state index contributed by atoms with van der Waals surface area (Å²) in [4.78, 5) is 0. The second-order valence-corrected chi connectivity index (χ2v) is 4.41. The molecule has 0 radical (unpaired) electrons. The van der Waals surface area contributed by atoms with Crippen molar-refractivity contribution in [1.82, 2.24) is 5.32 Å². The number of piperidine rings is 1. The Hall–Kier alpha value is -0.0800. The topological polar surface area (TPSA) is 32.3 Å². The summed E-state index contributed by atoms with van der Waals surface area (Å²) in [6.45, 7) is 1.16. The van der Waals surface area contributed by atoms with E-state index in [-0.39, 0.29) is 6.10 Å². The first kappa shape index (κ1) is 8.52. The molecule has 2 fully saturated rings.